The van der Waals surface area contributed by atoms with Gasteiger partial charge in [-0.2, -0.15) is 0 Å². The van der Waals surface area contributed by atoms with Crippen molar-refractivity contribution in [2.45, 2.75) is 197 Å². The molecule has 0 spiro atoms. The van der Waals surface area contributed by atoms with E-state index in [0.29, 0.717) is 68.0 Å². The fourth-order valence-electron chi connectivity index (χ4n) is 16.2. The van der Waals surface area contributed by atoms with Gasteiger partial charge in [0.05, 0.1) is 42.6 Å². The van der Waals surface area contributed by atoms with E-state index >= 15 is 0 Å². The molecule has 5 heterocycles. The van der Waals surface area contributed by atoms with Gasteiger partial charge in [0.25, 0.3) is 16.7 Å². The SMILES string of the molecule is C=CCn1c(SCC)nc2c(c1=O)C(C)(C)Cc1cc(OCC(=O)O)ccc1-2.C=CCn1c(SCC)nc2c(c1=O)C(C)(C)Cc1cc(OCCN(CC)CC)ccc1-2.C=CCn1c(SCC)nc2c(c1=O)C(C)(C)Cc1cc(OCCN3CCOCC3)ccc1-2.COCCSc1nc(CCCCO)c2c(n1)-c1ccccc1CC2(C)C. The quantitative estimate of drug-likeness (QED) is 0.0168. The number of aliphatic carboxylic acids is 1. The van der Waals surface area contributed by atoms with E-state index < -0.39 is 11.4 Å². The number of ether oxygens (including phenoxy) is 5. The number of morpholine rings is 1. The number of benzene rings is 4. The maximum atomic E-state index is 13.5. The van der Waals surface area contributed by atoms with Crippen molar-refractivity contribution in [1.82, 2.24) is 48.4 Å². The number of methoxy groups -OCH3 is 1. The van der Waals surface area contributed by atoms with Crippen LogP contribution in [0, 0.1) is 0 Å². The van der Waals surface area contributed by atoms with Crippen LogP contribution in [0.25, 0.3) is 45.0 Å². The molecular formula is C92H120N10O11S4. The van der Waals surface area contributed by atoms with E-state index in [0.717, 1.165) is 197 Å². The molecule has 2 N–H and O–H groups in total. The zero-order chi connectivity index (χ0) is 84.4. The number of aliphatic hydroxyl groups excluding tert-OH is 1. The van der Waals surface area contributed by atoms with E-state index in [2.05, 4.69) is 147 Å². The molecule has 8 aromatic rings. The molecule has 5 aliphatic rings. The molecule has 0 bridgehead atoms. The van der Waals surface area contributed by atoms with Gasteiger partial charge in [-0.05, 0) is 158 Å². The van der Waals surface area contributed by atoms with Gasteiger partial charge < -0.3 is 38.8 Å². The third-order valence-electron chi connectivity index (χ3n) is 21.7. The molecule has 4 aliphatic carbocycles. The zero-order valence-corrected chi connectivity index (χ0v) is 74.4. The Kier molecular flexibility index (Phi) is 32.5. The van der Waals surface area contributed by atoms with Crippen LogP contribution < -0.4 is 30.9 Å². The fraction of sp³-hybridized carbons (Fsp3) is 0.489. The average molecular weight is 1670 g/mol. The first kappa shape index (κ1) is 91.2. The summed E-state index contributed by atoms with van der Waals surface area (Å²) in [4.78, 5) is 80.5. The van der Waals surface area contributed by atoms with Crippen molar-refractivity contribution in [2.24, 2.45) is 0 Å². The largest absolute Gasteiger partial charge is 0.492 e. The molecule has 117 heavy (non-hydrogen) atoms. The van der Waals surface area contributed by atoms with Gasteiger partial charge in [-0.3, -0.25) is 33.0 Å². The van der Waals surface area contributed by atoms with E-state index in [1.165, 1.54) is 39.6 Å². The summed E-state index contributed by atoms with van der Waals surface area (Å²) < 4.78 is 33.3. The van der Waals surface area contributed by atoms with Gasteiger partial charge in [-0.25, -0.2) is 29.7 Å². The van der Waals surface area contributed by atoms with Crippen LogP contribution in [-0.2, 0) is 87.7 Å². The third kappa shape index (κ3) is 21.9. The van der Waals surface area contributed by atoms with E-state index in [1.807, 2.05) is 45.0 Å². The molecule has 0 saturated carbocycles. The normalized spacial score (nSPS) is 15.2. The minimum atomic E-state index is -1.02. The summed E-state index contributed by atoms with van der Waals surface area (Å²) in [5.41, 5.74) is 16.2. The van der Waals surface area contributed by atoms with Gasteiger partial charge in [0.1, 0.15) is 30.5 Å². The Morgan fingerprint density at radius 3 is 1.38 bits per heavy atom. The number of aliphatic hydroxyl groups is 1. The minimum Gasteiger partial charge on any atom is -0.492 e. The highest BCUT2D eigenvalue weighted by atomic mass is 32.2. The first-order valence-corrected chi connectivity index (χ1v) is 45.0. The van der Waals surface area contributed by atoms with Gasteiger partial charge in [-0.15, -0.1) is 19.7 Å². The number of aryl methyl sites for hydroxylation is 1. The number of aromatic nitrogens is 8. The number of nitrogens with zero attached hydrogens (tertiary/aromatic N) is 10. The third-order valence-corrected chi connectivity index (χ3v) is 25.1. The number of rotatable bonds is 33. The summed E-state index contributed by atoms with van der Waals surface area (Å²) in [7, 11) is 1.72. The minimum absolute atomic E-state index is 0.00790. The topological polar surface area (TPSA) is 241 Å². The van der Waals surface area contributed by atoms with Crippen LogP contribution in [0.5, 0.6) is 17.2 Å². The van der Waals surface area contributed by atoms with Crippen molar-refractivity contribution < 1.29 is 38.7 Å². The molecule has 628 valence electrons. The van der Waals surface area contributed by atoms with Crippen LogP contribution in [0.15, 0.2) is 152 Å². The summed E-state index contributed by atoms with van der Waals surface area (Å²) in [6.07, 6.45) is 11.1. The number of carboxylic acids is 1. The number of hydrogen-bond acceptors (Lipinski definition) is 21. The molecule has 0 radical (unpaired) electrons. The van der Waals surface area contributed by atoms with Crippen molar-refractivity contribution >= 4 is 53.0 Å². The number of hydrogen-bond donors (Lipinski definition) is 2. The Labute approximate surface area is 708 Å². The number of fused-ring (bicyclic) bond motifs is 12. The van der Waals surface area contributed by atoms with E-state index in [-0.39, 0.29) is 46.1 Å². The lowest BCUT2D eigenvalue weighted by Crippen LogP contribution is -2.38. The number of likely N-dealkylation sites (N-methyl/N-ethyl adjacent to an activating group) is 1. The number of thioether (sulfide) groups is 4. The van der Waals surface area contributed by atoms with E-state index in [9.17, 15) is 19.2 Å². The number of carbonyl (C=O) groups is 1. The van der Waals surface area contributed by atoms with Crippen molar-refractivity contribution in [3.63, 3.8) is 0 Å². The van der Waals surface area contributed by atoms with Crippen molar-refractivity contribution in [1.29, 1.82) is 0 Å². The monoisotopic (exact) mass is 1670 g/mol. The van der Waals surface area contributed by atoms with Crippen LogP contribution >= 0.6 is 47.0 Å². The molecule has 0 amide bonds. The molecule has 0 unspecified atom stereocenters. The fourth-order valence-corrected chi connectivity index (χ4v) is 19.2. The smallest absolute Gasteiger partial charge is 0.341 e. The molecule has 0 atom stereocenters. The maximum absolute atomic E-state index is 13.5. The predicted molar refractivity (Wildman–Crippen MR) is 478 cm³/mol. The highest BCUT2D eigenvalue weighted by Crippen LogP contribution is 2.48. The molecule has 13 rings (SSSR count). The molecule has 21 nitrogen and oxygen atoms in total. The number of allylic oxidation sites excluding steroid dienone is 3. The van der Waals surface area contributed by atoms with E-state index in [4.69, 9.17) is 58.8 Å². The lowest BCUT2D eigenvalue weighted by molar-refractivity contribution is -0.139. The van der Waals surface area contributed by atoms with Gasteiger partial charge in [0.2, 0.25) is 0 Å². The summed E-state index contributed by atoms with van der Waals surface area (Å²) in [6.45, 7) is 49.8. The lowest BCUT2D eigenvalue weighted by atomic mass is 9.71. The van der Waals surface area contributed by atoms with E-state index in [1.54, 1.807) is 80.4 Å². The standard InChI is InChI=1S/C25H33N3O3S.C25H35N3O2S.C21H24N2O4S.C21H28N2O2S/c1-5-9-28-23(29)21-22(26-24(28)32-6-2)20-8-7-19(16-18(20)17-25(21,3)4)31-15-12-27-10-13-30-14-11-27;1-7-13-28-23(29)21-22(26-24(28)31-10-4)20-12-11-19(16-18(20)17-25(21,5)6)30-15-14-27(8-2)9-3;1-5-9-23-19(26)17-18(22-20(23)28-6-2)15-8-7-14(27-12-16(24)25)10-13(15)11-21(17,3)4;1-21(2)14-15-8-4-5-9-16(15)19-18(21)17(10-6-7-11-24)22-20(23-19)26-13-12-25-3/h5,7-8,16H,1,6,9-15,17H2,2-4H3;7,11-12,16H,1,8-10,13-15,17H2,2-6H3;5,7-8,10H,1,6,9,11-12H2,2-4H3,(H,24,25);4-5,8-9,24H,6-7,10-14H2,1-3H3. The van der Waals surface area contributed by atoms with Crippen LogP contribution in [0.3, 0.4) is 0 Å². The van der Waals surface area contributed by atoms with Crippen LogP contribution in [0.1, 0.15) is 153 Å². The average Bonchev–Trinajstić information content (AvgIpc) is 0.734. The second kappa shape index (κ2) is 41.7. The number of unbranched alkanes of at least 4 members (excludes halogenated alkanes) is 1. The molecule has 1 aliphatic heterocycles. The van der Waals surface area contributed by atoms with Gasteiger partial charge >= 0.3 is 5.97 Å². The Morgan fingerprint density at radius 2 is 0.949 bits per heavy atom. The molecule has 25 heteroatoms. The first-order chi connectivity index (χ1) is 56.1. The van der Waals surface area contributed by atoms with Gasteiger partial charge in [0, 0.05) is 132 Å². The Bertz CT molecular complexity index is 5020. The Hall–Kier alpha value is -8.11. The summed E-state index contributed by atoms with van der Waals surface area (Å²) >= 11 is 6.38. The number of carboxylic acid groups (broad SMARTS) is 1. The predicted octanol–water partition coefficient (Wildman–Crippen LogP) is 16.1. The second-order valence-electron chi connectivity index (χ2n) is 32.2. The van der Waals surface area contributed by atoms with Crippen LogP contribution in [-0.4, -0.2) is 180 Å². The van der Waals surface area contributed by atoms with Gasteiger partial charge in [0.15, 0.2) is 27.2 Å². The Balaban J connectivity index is 0.000000165. The highest BCUT2D eigenvalue weighted by molar-refractivity contribution is 7.99. The summed E-state index contributed by atoms with van der Waals surface area (Å²) in [5.74, 6) is 4.61. The molecular weight excluding hydrogens is 1550 g/mol. The molecule has 4 aromatic heterocycles. The molecule has 1 fully saturated rings. The van der Waals surface area contributed by atoms with Crippen molar-refractivity contribution in [2.75, 3.05) is 116 Å². The molecule has 1 saturated heterocycles. The summed E-state index contributed by atoms with van der Waals surface area (Å²) in [6, 6.07) is 26.4. The lowest BCUT2D eigenvalue weighted by Gasteiger charge is -2.35. The van der Waals surface area contributed by atoms with Gasteiger partial charge in [-0.1, -0.05) is 180 Å². The van der Waals surface area contributed by atoms with Crippen molar-refractivity contribution in [3.8, 4) is 62.3 Å². The molecule has 4 aromatic carbocycles. The van der Waals surface area contributed by atoms with Crippen LogP contribution in [0.4, 0.5) is 0 Å². The zero-order valence-electron chi connectivity index (χ0n) is 71.1. The summed E-state index contributed by atoms with van der Waals surface area (Å²) in [5, 5.41) is 21.0. The first-order valence-electron chi connectivity index (χ1n) is 41.1. The van der Waals surface area contributed by atoms with Crippen LogP contribution in [0.2, 0.25) is 0 Å². The Morgan fingerprint density at radius 1 is 0.530 bits per heavy atom. The highest BCUT2D eigenvalue weighted by Gasteiger charge is 2.41. The maximum Gasteiger partial charge on any atom is 0.341 e. The van der Waals surface area contributed by atoms with Crippen molar-refractivity contribution in [3.05, 3.63) is 198 Å². The second-order valence-corrected chi connectivity index (χ2v) is 36.9.